The lowest BCUT2D eigenvalue weighted by Crippen LogP contribution is -2.25. The maximum absolute atomic E-state index is 12.3. The van der Waals surface area contributed by atoms with Gasteiger partial charge in [-0.3, -0.25) is 14.2 Å². The van der Waals surface area contributed by atoms with Crippen LogP contribution in [-0.2, 0) is 16.1 Å². The average molecular weight is 376 g/mol. The third-order valence-electron chi connectivity index (χ3n) is 4.45. The van der Waals surface area contributed by atoms with Crippen LogP contribution in [0, 0.1) is 6.92 Å². The molecule has 0 aliphatic carbocycles. The standard InChI is InChI=1S/C20H16N4O4/c1-11-6-8-12(9-7-11)21-15(25)10-24-19(27)17(23-20(24)28)16-13-4-2-3-5-14(13)22-18(16)26/h2-9,27H,10H2,1H3,(H,21,25)(H,23,28). The number of hydrogen-bond acceptors (Lipinski definition) is 4. The predicted molar refractivity (Wildman–Crippen MR) is 101 cm³/mol. The number of anilines is 1. The highest BCUT2D eigenvalue weighted by molar-refractivity contribution is 6.20. The Labute approximate surface area is 158 Å². The Kier molecular flexibility index (Phi) is 4.15. The molecule has 0 fully saturated rings. The van der Waals surface area contributed by atoms with E-state index in [4.69, 9.17) is 0 Å². The molecule has 3 aromatic rings. The van der Waals surface area contributed by atoms with Crippen molar-refractivity contribution < 1.29 is 14.7 Å². The van der Waals surface area contributed by atoms with E-state index in [0.717, 1.165) is 10.1 Å². The number of H-pyrrole nitrogens is 1. The molecular weight excluding hydrogens is 360 g/mol. The number of para-hydroxylation sites is 1. The highest BCUT2D eigenvalue weighted by Gasteiger charge is 2.26. The molecule has 1 aromatic heterocycles. The molecule has 0 atom stereocenters. The van der Waals surface area contributed by atoms with E-state index in [-0.39, 0.29) is 11.3 Å². The maximum atomic E-state index is 12.3. The van der Waals surface area contributed by atoms with Crippen molar-refractivity contribution in [3.8, 4) is 5.88 Å². The van der Waals surface area contributed by atoms with Gasteiger partial charge in [0.1, 0.15) is 12.2 Å². The fraction of sp³-hybridized carbons (Fsp3) is 0.100. The van der Waals surface area contributed by atoms with Crippen molar-refractivity contribution in [2.45, 2.75) is 13.5 Å². The summed E-state index contributed by atoms with van der Waals surface area (Å²) < 4.78 is 0.875. The number of amides is 2. The summed E-state index contributed by atoms with van der Waals surface area (Å²) in [5.74, 6) is -1.53. The molecule has 2 heterocycles. The number of rotatable bonds is 4. The molecule has 2 aromatic carbocycles. The zero-order chi connectivity index (χ0) is 19.8. The van der Waals surface area contributed by atoms with Crippen LogP contribution in [0.5, 0.6) is 5.88 Å². The van der Waals surface area contributed by atoms with Crippen molar-refractivity contribution >= 4 is 23.1 Å². The fourth-order valence-corrected chi connectivity index (χ4v) is 3.07. The van der Waals surface area contributed by atoms with Gasteiger partial charge in [-0.1, -0.05) is 35.9 Å². The molecule has 8 heteroatoms. The van der Waals surface area contributed by atoms with Crippen LogP contribution in [0.1, 0.15) is 11.3 Å². The number of benzene rings is 2. The third kappa shape index (κ3) is 3.01. The Morgan fingerprint density at radius 2 is 1.86 bits per heavy atom. The Hall–Kier alpha value is -3.94. The van der Waals surface area contributed by atoms with Crippen LogP contribution in [0.3, 0.4) is 0 Å². The normalized spacial score (nSPS) is 12.6. The number of carbonyl (C=O) groups excluding carboxylic acids is 2. The average Bonchev–Trinajstić information content (AvgIpc) is 3.13. The van der Waals surface area contributed by atoms with Crippen LogP contribution in [-0.4, -0.2) is 26.5 Å². The summed E-state index contributed by atoms with van der Waals surface area (Å²) in [4.78, 5) is 43.2. The Morgan fingerprint density at radius 1 is 1.14 bits per heavy atom. The van der Waals surface area contributed by atoms with Gasteiger partial charge in [-0.15, -0.1) is 0 Å². The van der Waals surface area contributed by atoms with Crippen molar-refractivity contribution in [1.29, 1.82) is 0 Å². The molecule has 28 heavy (non-hydrogen) atoms. The van der Waals surface area contributed by atoms with Crippen molar-refractivity contribution in [1.82, 2.24) is 9.55 Å². The summed E-state index contributed by atoms with van der Waals surface area (Å²) in [6.45, 7) is 1.52. The van der Waals surface area contributed by atoms with Gasteiger partial charge in [-0.05, 0) is 25.1 Å². The lowest BCUT2D eigenvalue weighted by Gasteiger charge is -2.07. The van der Waals surface area contributed by atoms with Crippen LogP contribution in [0.2, 0.25) is 0 Å². The van der Waals surface area contributed by atoms with Crippen LogP contribution >= 0.6 is 0 Å². The Balaban J connectivity index is 1.67. The van der Waals surface area contributed by atoms with Gasteiger partial charge in [0.15, 0.2) is 0 Å². The van der Waals surface area contributed by atoms with Gasteiger partial charge in [0, 0.05) is 10.9 Å². The van der Waals surface area contributed by atoms with Gasteiger partial charge in [-0.25, -0.2) is 9.79 Å². The highest BCUT2D eigenvalue weighted by Crippen LogP contribution is 2.22. The van der Waals surface area contributed by atoms with E-state index in [1.165, 1.54) is 0 Å². The van der Waals surface area contributed by atoms with Gasteiger partial charge in [0.05, 0.1) is 10.9 Å². The first-order valence-corrected chi connectivity index (χ1v) is 8.55. The molecule has 1 aliphatic heterocycles. The van der Waals surface area contributed by atoms with Gasteiger partial charge < -0.3 is 15.4 Å². The van der Waals surface area contributed by atoms with E-state index >= 15 is 0 Å². The molecule has 0 radical (unpaired) electrons. The smallest absolute Gasteiger partial charge is 0.329 e. The number of imidazole rings is 1. The number of aromatic nitrogens is 2. The molecule has 140 valence electrons. The molecule has 0 saturated carbocycles. The molecule has 1 aliphatic rings. The second-order valence-corrected chi connectivity index (χ2v) is 6.44. The molecule has 0 spiro atoms. The van der Waals surface area contributed by atoms with Crippen molar-refractivity contribution in [3.63, 3.8) is 0 Å². The number of nitrogens with one attached hydrogen (secondary N) is 2. The lowest BCUT2D eigenvalue weighted by atomic mass is 10.1. The number of nitrogens with zero attached hydrogens (tertiary/aromatic N) is 2. The molecule has 3 N–H and O–H groups in total. The number of aromatic hydroxyl groups is 1. The number of aryl methyl sites for hydroxylation is 1. The zero-order valence-corrected chi connectivity index (χ0v) is 14.9. The van der Waals surface area contributed by atoms with Crippen LogP contribution < -0.4 is 21.6 Å². The minimum Gasteiger partial charge on any atom is -0.493 e. The summed E-state index contributed by atoms with van der Waals surface area (Å²) in [7, 11) is 0. The minimum absolute atomic E-state index is 0.0492. The summed E-state index contributed by atoms with van der Waals surface area (Å²) >= 11 is 0. The molecule has 4 rings (SSSR count). The molecule has 0 unspecified atom stereocenters. The van der Waals surface area contributed by atoms with Gasteiger partial charge in [-0.2, -0.15) is 0 Å². The molecular formula is C20H16N4O4. The fourth-order valence-electron chi connectivity index (χ4n) is 3.07. The quantitative estimate of drug-likeness (QED) is 0.603. The third-order valence-corrected chi connectivity index (χ3v) is 4.45. The summed E-state index contributed by atoms with van der Waals surface area (Å²) in [5, 5.41) is 14.1. The minimum atomic E-state index is -0.698. The topological polar surface area (TPSA) is 117 Å². The first-order valence-electron chi connectivity index (χ1n) is 8.55. The molecule has 8 nitrogen and oxygen atoms in total. The number of hydrogen-bond donors (Lipinski definition) is 3. The molecule has 0 saturated heterocycles. The van der Waals surface area contributed by atoms with Crippen LogP contribution in [0.15, 0.2) is 58.3 Å². The van der Waals surface area contributed by atoms with E-state index in [0.29, 0.717) is 16.3 Å². The van der Waals surface area contributed by atoms with Crippen LogP contribution in [0.4, 0.5) is 5.69 Å². The first-order chi connectivity index (χ1) is 13.4. The second kappa shape index (κ2) is 6.66. The molecule has 2 amide bonds. The van der Waals surface area contributed by atoms with E-state index in [2.05, 4.69) is 15.3 Å². The number of carbonyl (C=O) groups is 2. The lowest BCUT2D eigenvalue weighted by molar-refractivity contribution is -0.117. The Bertz CT molecular complexity index is 1280. The SMILES string of the molecule is Cc1ccc(NC(=O)Cn2c(O)c(C3=c4ccccc4=NC3=O)[nH]c2=O)cc1. The van der Waals surface area contributed by atoms with Gasteiger partial charge in [0.2, 0.25) is 11.8 Å². The van der Waals surface area contributed by atoms with Crippen molar-refractivity contribution in [2.75, 3.05) is 5.32 Å². The summed E-state index contributed by atoms with van der Waals surface area (Å²) in [6.07, 6.45) is 0. The van der Waals surface area contributed by atoms with Crippen LogP contribution in [0.25, 0.3) is 5.57 Å². The van der Waals surface area contributed by atoms with Crippen molar-refractivity contribution in [3.05, 3.63) is 80.8 Å². The maximum Gasteiger partial charge on any atom is 0.329 e. The predicted octanol–water partition coefficient (Wildman–Crippen LogP) is 0.188. The summed E-state index contributed by atoms with van der Waals surface area (Å²) in [6, 6.07) is 14.0. The van der Waals surface area contributed by atoms with E-state index in [1.807, 2.05) is 19.1 Å². The van der Waals surface area contributed by atoms with Gasteiger partial charge in [0.25, 0.3) is 5.91 Å². The monoisotopic (exact) mass is 376 g/mol. The Morgan fingerprint density at radius 3 is 2.61 bits per heavy atom. The second-order valence-electron chi connectivity index (χ2n) is 6.44. The zero-order valence-electron chi connectivity index (χ0n) is 14.9. The largest absolute Gasteiger partial charge is 0.493 e. The summed E-state index contributed by atoms with van der Waals surface area (Å²) in [5.41, 5.74) is 0.976. The van der Waals surface area contributed by atoms with Crippen molar-refractivity contribution in [2.24, 2.45) is 4.99 Å². The highest BCUT2D eigenvalue weighted by atomic mass is 16.3. The number of aromatic amines is 1. The van der Waals surface area contributed by atoms with E-state index in [9.17, 15) is 19.5 Å². The van der Waals surface area contributed by atoms with Gasteiger partial charge >= 0.3 is 5.69 Å². The molecule has 0 bridgehead atoms. The number of fused-ring (bicyclic) bond motifs is 1. The first kappa shape index (κ1) is 17.5. The van der Waals surface area contributed by atoms with E-state index in [1.54, 1.807) is 36.4 Å². The van der Waals surface area contributed by atoms with E-state index < -0.39 is 29.9 Å².